The van der Waals surface area contributed by atoms with Gasteiger partial charge in [-0.1, -0.05) is 0 Å². The van der Waals surface area contributed by atoms with Gasteiger partial charge in [-0.2, -0.15) is 0 Å². The Hall–Kier alpha value is -1.24. The summed E-state index contributed by atoms with van der Waals surface area (Å²) in [5.74, 6) is -0.467. The fourth-order valence-electron chi connectivity index (χ4n) is 2.63. The molecule has 2 heterocycles. The van der Waals surface area contributed by atoms with E-state index in [1.54, 1.807) is 23.7 Å². The number of carbonyl (C=O) groups is 3. The molecule has 1 N–H and O–H groups in total. The fourth-order valence-corrected chi connectivity index (χ4v) is 4.05. The van der Waals surface area contributed by atoms with Crippen molar-refractivity contribution in [2.24, 2.45) is 0 Å². The van der Waals surface area contributed by atoms with Gasteiger partial charge < -0.3 is 14.9 Å². The van der Waals surface area contributed by atoms with Crippen molar-refractivity contribution in [3.63, 3.8) is 0 Å². The maximum absolute atomic E-state index is 12.3. The van der Waals surface area contributed by atoms with Crippen LogP contribution in [-0.4, -0.2) is 62.9 Å². The summed E-state index contributed by atoms with van der Waals surface area (Å²) in [4.78, 5) is 37.6. The maximum atomic E-state index is 12.3. The Morgan fingerprint density at radius 3 is 2.89 bits per heavy atom. The van der Waals surface area contributed by atoms with Gasteiger partial charge >= 0.3 is 5.97 Å². The molecule has 2 unspecified atom stereocenters. The Morgan fingerprint density at radius 2 is 2.26 bits per heavy atom. The van der Waals surface area contributed by atoms with Crippen LogP contribution in [0.25, 0.3) is 0 Å². The molecule has 19 heavy (non-hydrogen) atoms. The van der Waals surface area contributed by atoms with Gasteiger partial charge in [-0.05, 0) is 13.3 Å². The van der Waals surface area contributed by atoms with Crippen LogP contribution in [-0.2, 0) is 14.4 Å². The average Bonchev–Trinajstić information content (AvgIpc) is 2.83. The maximum Gasteiger partial charge on any atom is 0.305 e. The van der Waals surface area contributed by atoms with Gasteiger partial charge in [-0.15, -0.1) is 11.8 Å². The van der Waals surface area contributed by atoms with Crippen LogP contribution in [0.3, 0.4) is 0 Å². The van der Waals surface area contributed by atoms with E-state index in [1.807, 2.05) is 6.92 Å². The zero-order chi connectivity index (χ0) is 14.2. The van der Waals surface area contributed by atoms with E-state index in [0.29, 0.717) is 12.2 Å². The second-order valence-corrected chi connectivity index (χ2v) is 6.67. The normalized spacial score (nSPS) is 29.5. The molecule has 2 aliphatic heterocycles. The lowest BCUT2D eigenvalue weighted by Gasteiger charge is -2.31. The third-order valence-corrected chi connectivity index (χ3v) is 5.27. The molecule has 0 aliphatic carbocycles. The lowest BCUT2D eigenvalue weighted by molar-refractivity contribution is -0.144. The van der Waals surface area contributed by atoms with Gasteiger partial charge in [0.15, 0.2) is 0 Å². The van der Waals surface area contributed by atoms with Gasteiger partial charge in [-0.25, -0.2) is 0 Å². The summed E-state index contributed by atoms with van der Waals surface area (Å²) >= 11 is 1.64. The van der Waals surface area contributed by atoms with Crippen molar-refractivity contribution < 1.29 is 19.5 Å². The Morgan fingerprint density at radius 1 is 1.58 bits per heavy atom. The summed E-state index contributed by atoms with van der Waals surface area (Å²) in [6.45, 7) is 2.17. The summed E-state index contributed by atoms with van der Waals surface area (Å²) < 4.78 is 0. The Labute approximate surface area is 116 Å². The molecule has 2 saturated heterocycles. The topological polar surface area (TPSA) is 77.9 Å². The highest BCUT2D eigenvalue weighted by molar-refractivity contribution is 8.01. The summed E-state index contributed by atoms with van der Waals surface area (Å²) in [5.41, 5.74) is 0. The molecule has 2 rings (SSSR count). The first kappa shape index (κ1) is 14.2. The third kappa shape index (κ3) is 2.56. The van der Waals surface area contributed by atoms with Crippen LogP contribution in [0.4, 0.5) is 0 Å². The minimum atomic E-state index is -0.928. The Balaban J connectivity index is 2.04. The van der Waals surface area contributed by atoms with Crippen molar-refractivity contribution in [2.75, 3.05) is 19.3 Å². The molecule has 0 saturated carbocycles. The van der Waals surface area contributed by atoms with Crippen molar-refractivity contribution in [1.29, 1.82) is 0 Å². The lowest BCUT2D eigenvalue weighted by Crippen LogP contribution is -2.50. The molecule has 0 bridgehead atoms. The number of hydrogen-bond donors (Lipinski definition) is 1. The number of fused-ring (bicyclic) bond motifs is 1. The Kier molecular flexibility index (Phi) is 3.75. The van der Waals surface area contributed by atoms with E-state index in [2.05, 4.69) is 0 Å². The highest BCUT2D eigenvalue weighted by atomic mass is 32.2. The summed E-state index contributed by atoms with van der Waals surface area (Å²) in [6.07, 6.45) is 1.19. The summed E-state index contributed by atoms with van der Waals surface area (Å²) in [6, 6.07) is -0.441. The molecule has 2 atom stereocenters. The first-order chi connectivity index (χ1) is 8.85. The molecule has 2 amide bonds. The lowest BCUT2D eigenvalue weighted by atomic mass is 10.2. The third-order valence-electron chi connectivity index (χ3n) is 3.77. The van der Waals surface area contributed by atoms with E-state index in [4.69, 9.17) is 5.11 Å². The number of carbonyl (C=O) groups excluding carboxylic acids is 2. The number of amides is 2. The first-order valence-corrected chi connectivity index (χ1v) is 7.26. The number of thioether (sulfide) groups is 1. The molecule has 106 valence electrons. The van der Waals surface area contributed by atoms with Crippen LogP contribution in [0.5, 0.6) is 0 Å². The van der Waals surface area contributed by atoms with E-state index >= 15 is 0 Å². The number of carboxylic acid groups (broad SMARTS) is 1. The summed E-state index contributed by atoms with van der Waals surface area (Å²) in [5, 5.41) is 8.64. The molecular weight excluding hydrogens is 268 g/mol. The molecular formula is C12H18N2O4S. The number of hydrogen-bond acceptors (Lipinski definition) is 4. The van der Waals surface area contributed by atoms with Crippen LogP contribution in [0, 0.1) is 0 Å². The highest BCUT2D eigenvalue weighted by Gasteiger charge is 2.53. The fraction of sp³-hybridized carbons (Fsp3) is 0.750. The van der Waals surface area contributed by atoms with Crippen molar-refractivity contribution >= 4 is 29.5 Å². The van der Waals surface area contributed by atoms with E-state index in [9.17, 15) is 14.4 Å². The van der Waals surface area contributed by atoms with E-state index in [-0.39, 0.29) is 29.7 Å². The van der Waals surface area contributed by atoms with Crippen molar-refractivity contribution in [1.82, 2.24) is 9.80 Å². The minimum Gasteiger partial charge on any atom is -0.481 e. The number of rotatable bonds is 4. The SMILES string of the molecule is CN(CCC(=O)O)C(=O)C1CSC2(C)CCC(=O)N12. The summed E-state index contributed by atoms with van der Waals surface area (Å²) in [7, 11) is 1.59. The Bertz CT molecular complexity index is 428. The number of likely N-dealkylation sites (N-methyl/N-ethyl adjacent to an activating group) is 1. The predicted molar refractivity (Wildman–Crippen MR) is 70.6 cm³/mol. The number of carboxylic acids is 1. The van der Waals surface area contributed by atoms with Gasteiger partial charge in [0.2, 0.25) is 11.8 Å². The van der Waals surface area contributed by atoms with Gasteiger partial charge in [0.25, 0.3) is 0 Å². The van der Waals surface area contributed by atoms with Gasteiger partial charge in [0, 0.05) is 25.8 Å². The molecule has 0 spiro atoms. The monoisotopic (exact) mass is 286 g/mol. The van der Waals surface area contributed by atoms with E-state index < -0.39 is 12.0 Å². The van der Waals surface area contributed by atoms with Crippen molar-refractivity contribution in [2.45, 2.75) is 37.1 Å². The van der Waals surface area contributed by atoms with Crippen molar-refractivity contribution in [3.8, 4) is 0 Å². The average molecular weight is 286 g/mol. The van der Waals surface area contributed by atoms with Crippen molar-refractivity contribution in [3.05, 3.63) is 0 Å². The smallest absolute Gasteiger partial charge is 0.305 e. The van der Waals surface area contributed by atoms with Gasteiger partial charge in [0.05, 0.1) is 11.3 Å². The quantitative estimate of drug-likeness (QED) is 0.808. The standard InChI is InChI=1S/C12H18N2O4S/c1-12-5-3-9(15)14(12)8(7-19-12)11(18)13(2)6-4-10(16)17/h8H,3-7H2,1-2H3,(H,16,17). The van der Waals surface area contributed by atoms with Gasteiger partial charge in [-0.3, -0.25) is 14.4 Å². The molecule has 0 aromatic carbocycles. The second-order valence-electron chi connectivity index (χ2n) is 5.17. The van der Waals surface area contributed by atoms with Crippen LogP contribution < -0.4 is 0 Å². The minimum absolute atomic E-state index is 0.0254. The van der Waals surface area contributed by atoms with Crippen LogP contribution in [0.15, 0.2) is 0 Å². The number of aliphatic carboxylic acids is 1. The largest absolute Gasteiger partial charge is 0.481 e. The molecule has 2 aliphatic rings. The molecule has 0 aromatic heterocycles. The van der Waals surface area contributed by atoms with E-state index in [0.717, 1.165) is 6.42 Å². The molecule has 0 radical (unpaired) electrons. The number of nitrogens with zero attached hydrogens (tertiary/aromatic N) is 2. The highest BCUT2D eigenvalue weighted by Crippen LogP contribution is 2.47. The zero-order valence-corrected chi connectivity index (χ0v) is 11.9. The molecule has 2 fully saturated rings. The predicted octanol–water partition coefficient (Wildman–Crippen LogP) is 0.373. The molecule has 6 nitrogen and oxygen atoms in total. The van der Waals surface area contributed by atoms with Gasteiger partial charge in [0.1, 0.15) is 6.04 Å². The first-order valence-electron chi connectivity index (χ1n) is 6.28. The second kappa shape index (κ2) is 5.03. The zero-order valence-electron chi connectivity index (χ0n) is 11.1. The molecule has 0 aromatic rings. The molecule has 7 heteroatoms. The van der Waals surface area contributed by atoms with E-state index in [1.165, 1.54) is 4.90 Å². The van der Waals surface area contributed by atoms with Crippen LogP contribution >= 0.6 is 11.8 Å². The van der Waals surface area contributed by atoms with Crippen LogP contribution in [0.2, 0.25) is 0 Å². The van der Waals surface area contributed by atoms with Crippen LogP contribution in [0.1, 0.15) is 26.2 Å².